The molecule has 0 fully saturated rings. The number of nitriles is 1. The van der Waals surface area contributed by atoms with Crippen molar-refractivity contribution < 1.29 is 0 Å². The Morgan fingerprint density at radius 1 is 1.88 bits per heavy atom. The summed E-state index contributed by atoms with van der Waals surface area (Å²) >= 11 is 0. The van der Waals surface area contributed by atoms with Crippen LogP contribution in [0, 0.1) is 17.2 Å². The summed E-state index contributed by atoms with van der Waals surface area (Å²) in [6.07, 6.45) is 1.01. The van der Waals surface area contributed by atoms with E-state index >= 15 is 0 Å². The van der Waals surface area contributed by atoms with Crippen LogP contribution in [0.2, 0.25) is 0 Å². The zero-order chi connectivity index (χ0) is 6.57. The van der Waals surface area contributed by atoms with E-state index in [0.29, 0.717) is 11.5 Å². The van der Waals surface area contributed by atoms with E-state index in [1.807, 2.05) is 19.9 Å². The molecule has 0 heterocycles. The molecule has 1 heteroatoms. The summed E-state index contributed by atoms with van der Waals surface area (Å²) in [7, 11) is 0. The van der Waals surface area contributed by atoms with Gasteiger partial charge >= 0.3 is 0 Å². The first-order valence-electron chi connectivity index (χ1n) is 2.81. The molecular formula is C7H11N. The van der Waals surface area contributed by atoms with E-state index in [2.05, 4.69) is 6.58 Å². The summed E-state index contributed by atoms with van der Waals surface area (Å²) in [5, 5.41) is 8.29. The molecule has 0 unspecified atom stereocenters. The van der Waals surface area contributed by atoms with Crippen LogP contribution in [-0.4, -0.2) is 0 Å². The van der Waals surface area contributed by atoms with Gasteiger partial charge in [-0.15, -0.1) is 0 Å². The SMILES string of the molecule is C=C(C#N)[C@H](C)CC. The van der Waals surface area contributed by atoms with Crippen LogP contribution in [0.5, 0.6) is 0 Å². The Kier molecular flexibility index (Phi) is 2.95. The predicted octanol–water partition coefficient (Wildman–Crippen LogP) is 2.11. The molecule has 0 rings (SSSR count). The Labute approximate surface area is 50.6 Å². The van der Waals surface area contributed by atoms with Gasteiger partial charge in [0.25, 0.3) is 0 Å². The van der Waals surface area contributed by atoms with Gasteiger partial charge in [-0.05, 0) is 12.3 Å². The van der Waals surface area contributed by atoms with Crippen molar-refractivity contribution in [3.05, 3.63) is 12.2 Å². The Hall–Kier alpha value is -0.770. The van der Waals surface area contributed by atoms with Gasteiger partial charge in [-0.25, -0.2) is 0 Å². The molecule has 0 aliphatic rings. The molecule has 0 bridgehead atoms. The second-order valence-electron chi connectivity index (χ2n) is 1.95. The van der Waals surface area contributed by atoms with Crippen LogP contribution in [0.25, 0.3) is 0 Å². The van der Waals surface area contributed by atoms with Gasteiger partial charge in [0.05, 0.1) is 6.07 Å². The molecule has 1 atom stereocenters. The maximum atomic E-state index is 8.29. The first-order chi connectivity index (χ1) is 3.72. The van der Waals surface area contributed by atoms with Gasteiger partial charge in [-0.2, -0.15) is 5.26 Å². The second-order valence-corrected chi connectivity index (χ2v) is 1.95. The number of allylic oxidation sites excluding steroid dienone is 1. The predicted molar refractivity (Wildman–Crippen MR) is 34.2 cm³/mol. The maximum absolute atomic E-state index is 8.29. The summed E-state index contributed by atoms with van der Waals surface area (Å²) in [6, 6.07) is 2.02. The third-order valence-electron chi connectivity index (χ3n) is 1.35. The lowest BCUT2D eigenvalue weighted by atomic mass is 10.0. The quantitative estimate of drug-likeness (QED) is 0.498. The van der Waals surface area contributed by atoms with Gasteiger partial charge in [0.15, 0.2) is 0 Å². The average molecular weight is 109 g/mol. The highest BCUT2D eigenvalue weighted by atomic mass is 14.2. The van der Waals surface area contributed by atoms with Gasteiger partial charge in [0.1, 0.15) is 0 Å². The third kappa shape index (κ3) is 1.79. The molecule has 0 aromatic heterocycles. The Morgan fingerprint density at radius 2 is 2.38 bits per heavy atom. The zero-order valence-corrected chi connectivity index (χ0v) is 5.44. The molecule has 0 spiro atoms. The minimum absolute atomic E-state index is 0.361. The largest absolute Gasteiger partial charge is 0.193 e. The summed E-state index contributed by atoms with van der Waals surface area (Å²) in [5.74, 6) is 0.361. The molecule has 0 aromatic rings. The van der Waals surface area contributed by atoms with Crippen molar-refractivity contribution in [3.63, 3.8) is 0 Å². The van der Waals surface area contributed by atoms with Gasteiger partial charge in [0, 0.05) is 5.57 Å². The normalized spacial score (nSPS) is 12.1. The van der Waals surface area contributed by atoms with E-state index in [-0.39, 0.29) is 0 Å². The molecule has 0 amide bonds. The Bertz CT molecular complexity index is 119. The van der Waals surface area contributed by atoms with Crippen molar-refractivity contribution in [2.75, 3.05) is 0 Å². The van der Waals surface area contributed by atoms with Crippen molar-refractivity contribution in [1.29, 1.82) is 5.26 Å². The van der Waals surface area contributed by atoms with E-state index in [1.165, 1.54) is 0 Å². The van der Waals surface area contributed by atoms with Crippen molar-refractivity contribution in [2.24, 2.45) is 5.92 Å². The monoisotopic (exact) mass is 109 g/mol. The summed E-state index contributed by atoms with van der Waals surface area (Å²) in [6.45, 7) is 7.64. The summed E-state index contributed by atoms with van der Waals surface area (Å²) < 4.78 is 0. The van der Waals surface area contributed by atoms with Gasteiger partial charge in [-0.1, -0.05) is 20.4 Å². The van der Waals surface area contributed by atoms with E-state index < -0.39 is 0 Å². The van der Waals surface area contributed by atoms with E-state index in [4.69, 9.17) is 5.26 Å². The summed E-state index contributed by atoms with van der Waals surface area (Å²) in [5.41, 5.74) is 0.688. The number of hydrogen-bond donors (Lipinski definition) is 0. The van der Waals surface area contributed by atoms with E-state index in [1.54, 1.807) is 0 Å². The Morgan fingerprint density at radius 3 is 2.50 bits per heavy atom. The molecule has 0 radical (unpaired) electrons. The fraction of sp³-hybridized carbons (Fsp3) is 0.571. The zero-order valence-electron chi connectivity index (χ0n) is 5.44. The highest BCUT2D eigenvalue weighted by Gasteiger charge is 1.99. The van der Waals surface area contributed by atoms with Crippen LogP contribution >= 0.6 is 0 Å². The molecule has 0 saturated heterocycles. The lowest BCUT2D eigenvalue weighted by molar-refractivity contribution is 0.675. The number of nitrogens with zero attached hydrogens (tertiary/aromatic N) is 1. The van der Waals surface area contributed by atoms with Crippen LogP contribution in [-0.2, 0) is 0 Å². The molecule has 8 heavy (non-hydrogen) atoms. The average Bonchev–Trinajstić information content (AvgIpc) is 1.84. The number of hydrogen-bond acceptors (Lipinski definition) is 1. The molecule has 0 N–H and O–H groups in total. The van der Waals surface area contributed by atoms with Crippen molar-refractivity contribution in [3.8, 4) is 6.07 Å². The molecule has 0 aliphatic carbocycles. The highest BCUT2D eigenvalue weighted by Crippen LogP contribution is 2.09. The van der Waals surface area contributed by atoms with Crippen molar-refractivity contribution >= 4 is 0 Å². The summed E-state index contributed by atoms with van der Waals surface area (Å²) in [4.78, 5) is 0. The van der Waals surface area contributed by atoms with Crippen molar-refractivity contribution in [1.82, 2.24) is 0 Å². The second kappa shape index (κ2) is 3.26. The van der Waals surface area contributed by atoms with Gasteiger partial charge in [0.2, 0.25) is 0 Å². The first kappa shape index (κ1) is 7.23. The van der Waals surface area contributed by atoms with Crippen LogP contribution in [0.15, 0.2) is 12.2 Å². The lowest BCUT2D eigenvalue weighted by Gasteiger charge is -2.01. The molecule has 1 nitrogen and oxygen atoms in total. The smallest absolute Gasteiger partial charge is 0.0943 e. The minimum Gasteiger partial charge on any atom is -0.193 e. The first-order valence-corrected chi connectivity index (χ1v) is 2.81. The fourth-order valence-electron chi connectivity index (χ4n) is 0.357. The van der Waals surface area contributed by atoms with Gasteiger partial charge in [-0.3, -0.25) is 0 Å². The maximum Gasteiger partial charge on any atom is 0.0943 e. The molecule has 44 valence electrons. The molecular weight excluding hydrogens is 98.1 g/mol. The Balaban J connectivity index is 3.68. The van der Waals surface area contributed by atoms with Gasteiger partial charge < -0.3 is 0 Å². The van der Waals surface area contributed by atoms with Crippen LogP contribution < -0.4 is 0 Å². The number of rotatable bonds is 2. The topological polar surface area (TPSA) is 23.8 Å². The standard InChI is InChI=1S/C7H11N/c1-4-6(2)7(3)5-8/h6H,3-4H2,1-2H3/t6-/m1/s1. The molecule has 0 aliphatic heterocycles. The molecule has 0 saturated carbocycles. The van der Waals surface area contributed by atoms with E-state index in [0.717, 1.165) is 6.42 Å². The fourth-order valence-corrected chi connectivity index (χ4v) is 0.357. The molecule has 0 aromatic carbocycles. The minimum atomic E-state index is 0.361. The highest BCUT2D eigenvalue weighted by molar-refractivity contribution is 5.18. The van der Waals surface area contributed by atoms with Crippen LogP contribution in [0.4, 0.5) is 0 Å². The third-order valence-corrected chi connectivity index (χ3v) is 1.35. The lowest BCUT2D eigenvalue weighted by Crippen LogP contribution is -1.92. The van der Waals surface area contributed by atoms with E-state index in [9.17, 15) is 0 Å². The van der Waals surface area contributed by atoms with Crippen molar-refractivity contribution in [2.45, 2.75) is 20.3 Å². The van der Waals surface area contributed by atoms with Crippen LogP contribution in [0.3, 0.4) is 0 Å². The van der Waals surface area contributed by atoms with Crippen LogP contribution in [0.1, 0.15) is 20.3 Å².